The molecule has 0 radical (unpaired) electrons. The van der Waals surface area contributed by atoms with Crippen molar-refractivity contribution in [1.82, 2.24) is 0 Å². The fraction of sp³-hybridized carbons (Fsp3) is 0.500. The topological polar surface area (TPSA) is 9.23 Å². The average Bonchev–Trinajstić information content (AvgIpc) is 2.02. The second-order valence-electron chi connectivity index (χ2n) is 4.68. The molecule has 1 aromatic rings. The predicted octanol–water partition coefficient (Wildman–Crippen LogP) is 3.99. The van der Waals surface area contributed by atoms with Gasteiger partial charge in [-0.25, -0.2) is 0 Å². The molecule has 0 aliphatic rings. The zero-order valence-corrected chi connectivity index (χ0v) is 10.8. The Hall–Kier alpha value is -0.763. The van der Waals surface area contributed by atoms with E-state index in [2.05, 4.69) is 52.1 Å². The highest BCUT2D eigenvalue weighted by Gasteiger charge is 2.28. The largest absolute Gasteiger partial charge is 0.544 e. The van der Waals surface area contributed by atoms with Crippen LogP contribution >= 0.6 is 0 Å². The molecular weight excluding hydrogens is 188 g/mol. The molecule has 78 valence electrons. The summed E-state index contributed by atoms with van der Waals surface area (Å²) in [4.78, 5) is 0. The van der Waals surface area contributed by atoms with Crippen molar-refractivity contribution < 1.29 is 4.43 Å². The van der Waals surface area contributed by atoms with Crippen LogP contribution in [0.1, 0.15) is 19.4 Å². The Kier molecular flexibility index (Phi) is 3.37. The van der Waals surface area contributed by atoms with E-state index >= 15 is 0 Å². The maximum Gasteiger partial charge on any atom is 0.247 e. The van der Waals surface area contributed by atoms with E-state index in [9.17, 15) is 0 Å². The Bertz CT molecular complexity index is 305. The van der Waals surface area contributed by atoms with Gasteiger partial charge in [0.1, 0.15) is 5.75 Å². The van der Waals surface area contributed by atoms with Gasteiger partial charge in [0.15, 0.2) is 0 Å². The maximum atomic E-state index is 6.08. The first-order valence-corrected chi connectivity index (χ1v) is 8.16. The average molecular weight is 208 g/mol. The van der Waals surface area contributed by atoms with Gasteiger partial charge in [-0.05, 0) is 43.3 Å². The van der Waals surface area contributed by atoms with E-state index < -0.39 is 8.32 Å². The number of aryl methyl sites for hydroxylation is 1. The Balaban J connectivity index is 2.78. The van der Waals surface area contributed by atoms with Crippen LogP contribution in [0.3, 0.4) is 0 Å². The van der Waals surface area contributed by atoms with Crippen LogP contribution in [0.15, 0.2) is 24.3 Å². The molecule has 2 heteroatoms. The summed E-state index contributed by atoms with van der Waals surface area (Å²) in [7, 11) is -1.54. The lowest BCUT2D eigenvalue weighted by Gasteiger charge is -2.28. The Morgan fingerprint density at radius 2 is 1.86 bits per heavy atom. The van der Waals surface area contributed by atoms with Gasteiger partial charge in [-0.1, -0.05) is 26.0 Å². The molecule has 0 aromatic heterocycles. The third-order valence-electron chi connectivity index (χ3n) is 2.76. The van der Waals surface area contributed by atoms with Crippen LogP contribution in [0.4, 0.5) is 0 Å². The van der Waals surface area contributed by atoms with Gasteiger partial charge in [0.05, 0.1) is 0 Å². The van der Waals surface area contributed by atoms with E-state index in [0.29, 0.717) is 5.54 Å². The van der Waals surface area contributed by atoms with E-state index in [-0.39, 0.29) is 0 Å². The zero-order chi connectivity index (χ0) is 10.8. The lowest BCUT2D eigenvalue weighted by Crippen LogP contribution is -2.37. The fourth-order valence-electron chi connectivity index (χ4n) is 1.10. The van der Waals surface area contributed by atoms with Crippen molar-refractivity contribution in [3.8, 4) is 5.75 Å². The molecular formula is C12H20OSi. The summed E-state index contributed by atoms with van der Waals surface area (Å²) < 4.78 is 6.08. The number of hydrogen-bond acceptors (Lipinski definition) is 1. The predicted molar refractivity (Wildman–Crippen MR) is 64.4 cm³/mol. The fourth-order valence-corrected chi connectivity index (χ4v) is 2.07. The van der Waals surface area contributed by atoms with Gasteiger partial charge in [0.25, 0.3) is 0 Å². The Morgan fingerprint density at radius 3 is 2.36 bits per heavy atom. The highest BCUT2D eigenvalue weighted by molar-refractivity contribution is 6.73. The molecule has 14 heavy (non-hydrogen) atoms. The second kappa shape index (κ2) is 4.18. The lowest BCUT2D eigenvalue weighted by molar-refractivity contribution is 0.532. The monoisotopic (exact) mass is 208 g/mol. The Labute approximate surface area is 88.2 Å². The van der Waals surface area contributed by atoms with Gasteiger partial charge in [-0.2, -0.15) is 0 Å². The molecule has 1 aromatic carbocycles. The van der Waals surface area contributed by atoms with Crippen molar-refractivity contribution in [1.29, 1.82) is 0 Å². The molecule has 0 N–H and O–H groups in total. The van der Waals surface area contributed by atoms with Crippen LogP contribution < -0.4 is 4.43 Å². The molecule has 1 rings (SSSR count). The molecule has 0 unspecified atom stereocenters. The maximum absolute atomic E-state index is 6.08. The van der Waals surface area contributed by atoms with Crippen molar-refractivity contribution >= 4 is 8.32 Å². The number of rotatable bonds is 3. The smallest absolute Gasteiger partial charge is 0.247 e. The second-order valence-corrected chi connectivity index (χ2v) is 9.24. The summed E-state index contributed by atoms with van der Waals surface area (Å²) in [5.41, 5.74) is 1.90. The summed E-state index contributed by atoms with van der Waals surface area (Å²) in [5, 5.41) is 0. The van der Waals surface area contributed by atoms with Gasteiger partial charge >= 0.3 is 0 Å². The molecule has 0 bridgehead atoms. The molecule has 0 aliphatic carbocycles. The molecule has 0 atom stereocenters. The first kappa shape index (κ1) is 11.3. The van der Waals surface area contributed by atoms with E-state index in [0.717, 1.165) is 5.75 Å². The normalized spacial score (nSPS) is 11.9. The van der Waals surface area contributed by atoms with E-state index in [1.54, 1.807) is 0 Å². The highest BCUT2D eigenvalue weighted by atomic mass is 28.4. The molecule has 0 heterocycles. The van der Waals surface area contributed by atoms with Gasteiger partial charge in [-0.15, -0.1) is 0 Å². The van der Waals surface area contributed by atoms with Crippen LogP contribution in [0.5, 0.6) is 5.75 Å². The number of benzene rings is 1. The minimum absolute atomic E-state index is 0.642. The van der Waals surface area contributed by atoms with Gasteiger partial charge < -0.3 is 4.43 Å². The molecule has 0 aliphatic heterocycles. The number of hydrogen-bond donors (Lipinski definition) is 0. The first-order valence-electron chi connectivity index (χ1n) is 5.17. The summed E-state index contributed by atoms with van der Waals surface area (Å²) in [6, 6.07) is 8.30. The minimum Gasteiger partial charge on any atom is -0.544 e. The molecule has 0 amide bonds. The summed E-state index contributed by atoms with van der Waals surface area (Å²) >= 11 is 0. The van der Waals surface area contributed by atoms with Crippen molar-refractivity contribution in [2.24, 2.45) is 0 Å². The zero-order valence-electron chi connectivity index (χ0n) is 9.79. The van der Waals surface area contributed by atoms with Crippen LogP contribution in [-0.2, 0) is 0 Å². The Morgan fingerprint density at radius 1 is 1.21 bits per heavy atom. The molecule has 0 saturated heterocycles. The summed E-state index contributed by atoms with van der Waals surface area (Å²) in [6.45, 7) is 11.1. The van der Waals surface area contributed by atoms with Crippen molar-refractivity contribution in [2.75, 3.05) is 0 Å². The standard InChI is InChI=1S/C12H20OSi/c1-10(2)14(4,5)13-12-8-6-7-11(3)9-12/h6-10H,1-5H3. The third-order valence-corrected chi connectivity index (χ3v) is 6.30. The van der Waals surface area contributed by atoms with Crippen LogP contribution in [-0.4, -0.2) is 8.32 Å². The molecule has 0 saturated carbocycles. The van der Waals surface area contributed by atoms with Crippen LogP contribution in [0.25, 0.3) is 0 Å². The quantitative estimate of drug-likeness (QED) is 0.682. The van der Waals surface area contributed by atoms with E-state index in [1.807, 2.05) is 6.07 Å². The highest BCUT2D eigenvalue weighted by Crippen LogP contribution is 2.25. The van der Waals surface area contributed by atoms with Crippen LogP contribution in [0.2, 0.25) is 18.6 Å². The van der Waals surface area contributed by atoms with Crippen molar-refractivity contribution in [3.05, 3.63) is 29.8 Å². The van der Waals surface area contributed by atoms with Crippen molar-refractivity contribution in [2.45, 2.75) is 39.4 Å². The van der Waals surface area contributed by atoms with E-state index in [1.165, 1.54) is 5.56 Å². The summed E-state index contributed by atoms with van der Waals surface area (Å²) in [6.07, 6.45) is 0. The van der Waals surface area contributed by atoms with Gasteiger partial charge in [-0.3, -0.25) is 0 Å². The van der Waals surface area contributed by atoms with Gasteiger partial charge in [0, 0.05) is 0 Å². The van der Waals surface area contributed by atoms with E-state index in [4.69, 9.17) is 4.43 Å². The third kappa shape index (κ3) is 2.88. The van der Waals surface area contributed by atoms with Crippen molar-refractivity contribution in [3.63, 3.8) is 0 Å². The lowest BCUT2D eigenvalue weighted by atomic mass is 10.2. The van der Waals surface area contributed by atoms with Crippen LogP contribution in [0, 0.1) is 6.92 Å². The SMILES string of the molecule is Cc1cccc(O[Si](C)(C)C(C)C)c1. The minimum atomic E-state index is -1.54. The summed E-state index contributed by atoms with van der Waals surface area (Å²) in [5.74, 6) is 1.02. The molecule has 1 nitrogen and oxygen atoms in total. The first-order chi connectivity index (χ1) is 6.42. The molecule has 0 fully saturated rings. The molecule has 0 spiro atoms. The van der Waals surface area contributed by atoms with Gasteiger partial charge in [0.2, 0.25) is 8.32 Å².